The molecular weight excluding hydrogens is 536 g/mol. The van der Waals surface area contributed by atoms with Gasteiger partial charge in [-0.25, -0.2) is 13.6 Å². The highest BCUT2D eigenvalue weighted by Gasteiger charge is 2.11. The quantitative estimate of drug-likeness (QED) is 0.353. The molecule has 3 rings (SSSR count). The standard InChI is InChI=1S/C15H14Br2O2.C6H8N2O2S/c1-9(2)11-8-10(6-7-14(11)18)19-15-12(16)4-3-5-13(15)17;7-5-3-1-2-4-6(5)11(8,9)10/h3-9,18H,1-2H3;1-4H,7H2,(H2,8,9,10). The number of phenols is 1. The van der Waals surface area contributed by atoms with E-state index in [-0.39, 0.29) is 16.5 Å². The molecule has 0 aliphatic carbocycles. The first-order valence-corrected chi connectivity index (χ1v) is 12.0. The lowest BCUT2D eigenvalue weighted by molar-refractivity contribution is 0.453. The number of rotatable bonds is 4. The monoisotopic (exact) mass is 556 g/mol. The molecule has 0 unspecified atom stereocenters. The topological polar surface area (TPSA) is 116 Å². The molecule has 0 fully saturated rings. The van der Waals surface area contributed by atoms with Crippen LogP contribution in [-0.4, -0.2) is 13.5 Å². The van der Waals surface area contributed by atoms with Gasteiger partial charge in [0.25, 0.3) is 0 Å². The Morgan fingerprint density at radius 3 is 2.07 bits per heavy atom. The molecule has 0 aliphatic rings. The van der Waals surface area contributed by atoms with Crippen LogP contribution in [0.3, 0.4) is 0 Å². The fourth-order valence-corrected chi connectivity index (χ4v) is 4.32. The number of sulfonamides is 1. The average molecular weight is 558 g/mol. The van der Waals surface area contributed by atoms with Gasteiger partial charge < -0.3 is 15.6 Å². The van der Waals surface area contributed by atoms with Crippen LogP contribution in [0.25, 0.3) is 0 Å². The smallest absolute Gasteiger partial charge is 0.240 e. The second kappa shape index (κ2) is 10.3. The molecule has 0 heterocycles. The van der Waals surface area contributed by atoms with Crippen LogP contribution < -0.4 is 15.6 Å². The Labute approximate surface area is 193 Å². The predicted octanol–water partition coefficient (Wildman–Crippen LogP) is 5.75. The lowest BCUT2D eigenvalue weighted by atomic mass is 10.0. The molecule has 160 valence electrons. The predicted molar refractivity (Wildman–Crippen MR) is 126 cm³/mol. The van der Waals surface area contributed by atoms with E-state index in [0.717, 1.165) is 20.3 Å². The van der Waals surface area contributed by atoms with E-state index >= 15 is 0 Å². The zero-order valence-corrected chi connectivity index (χ0v) is 20.3. The molecule has 0 amide bonds. The van der Waals surface area contributed by atoms with E-state index in [9.17, 15) is 13.5 Å². The van der Waals surface area contributed by atoms with Gasteiger partial charge in [-0.3, -0.25) is 0 Å². The van der Waals surface area contributed by atoms with Crippen molar-refractivity contribution >= 4 is 47.6 Å². The summed E-state index contributed by atoms with van der Waals surface area (Å²) in [4.78, 5) is -0.0278. The minimum absolute atomic E-state index is 0.0278. The molecule has 0 atom stereocenters. The first-order chi connectivity index (χ1) is 14.0. The summed E-state index contributed by atoms with van der Waals surface area (Å²) < 4.78 is 29.1. The van der Waals surface area contributed by atoms with Crippen molar-refractivity contribution in [3.8, 4) is 17.2 Å². The number of benzene rings is 3. The Balaban J connectivity index is 0.000000248. The number of nitrogen functional groups attached to an aromatic ring is 1. The van der Waals surface area contributed by atoms with Crippen LogP contribution in [0.4, 0.5) is 5.69 Å². The summed E-state index contributed by atoms with van der Waals surface area (Å²) in [6.45, 7) is 4.07. The van der Waals surface area contributed by atoms with E-state index in [2.05, 4.69) is 31.9 Å². The fourth-order valence-electron chi connectivity index (χ4n) is 2.50. The van der Waals surface area contributed by atoms with E-state index in [1.807, 2.05) is 38.1 Å². The maximum absolute atomic E-state index is 10.8. The van der Waals surface area contributed by atoms with Crippen LogP contribution in [0.1, 0.15) is 25.3 Å². The molecule has 30 heavy (non-hydrogen) atoms. The van der Waals surface area contributed by atoms with E-state index in [4.69, 9.17) is 15.6 Å². The number of anilines is 1. The Kier molecular flexibility index (Phi) is 8.31. The van der Waals surface area contributed by atoms with Crippen molar-refractivity contribution in [2.45, 2.75) is 24.7 Å². The van der Waals surface area contributed by atoms with Crippen LogP contribution in [-0.2, 0) is 10.0 Å². The average Bonchev–Trinajstić information content (AvgIpc) is 2.66. The zero-order chi connectivity index (χ0) is 22.5. The number of ether oxygens (including phenoxy) is 1. The molecule has 6 nitrogen and oxygen atoms in total. The van der Waals surface area contributed by atoms with Crippen molar-refractivity contribution in [2.75, 3.05) is 5.73 Å². The van der Waals surface area contributed by atoms with Crippen molar-refractivity contribution in [1.29, 1.82) is 0 Å². The summed E-state index contributed by atoms with van der Waals surface area (Å²) in [7, 11) is -3.66. The maximum Gasteiger partial charge on any atom is 0.240 e. The maximum atomic E-state index is 10.8. The molecule has 0 bridgehead atoms. The summed E-state index contributed by atoms with van der Waals surface area (Å²) in [6.07, 6.45) is 0. The van der Waals surface area contributed by atoms with Gasteiger partial charge in [0.1, 0.15) is 16.4 Å². The number of aromatic hydroxyl groups is 1. The van der Waals surface area contributed by atoms with Crippen LogP contribution in [0.5, 0.6) is 17.2 Å². The lowest BCUT2D eigenvalue weighted by Gasteiger charge is -2.13. The lowest BCUT2D eigenvalue weighted by Crippen LogP contribution is -2.13. The SMILES string of the molecule is CC(C)c1cc(Oc2c(Br)cccc2Br)ccc1O.Nc1ccccc1S(N)(=O)=O. The van der Waals surface area contributed by atoms with Gasteiger partial charge in [0.2, 0.25) is 10.0 Å². The number of primary sulfonamides is 1. The molecule has 0 saturated carbocycles. The number of phenolic OH excluding ortho intramolecular Hbond substituents is 1. The number of halogens is 2. The van der Waals surface area contributed by atoms with Gasteiger partial charge in [0.05, 0.1) is 14.6 Å². The van der Waals surface area contributed by atoms with Gasteiger partial charge in [0, 0.05) is 5.56 Å². The third-order valence-corrected chi connectivity index (χ3v) is 6.22. The molecule has 5 N–H and O–H groups in total. The van der Waals surface area contributed by atoms with Crippen LogP contribution in [0.2, 0.25) is 0 Å². The largest absolute Gasteiger partial charge is 0.508 e. The molecule has 0 aliphatic heterocycles. The fraction of sp³-hybridized carbons (Fsp3) is 0.143. The van der Waals surface area contributed by atoms with E-state index < -0.39 is 10.0 Å². The third-order valence-electron chi connectivity index (χ3n) is 3.99. The van der Waals surface area contributed by atoms with Gasteiger partial charge in [-0.15, -0.1) is 0 Å². The highest BCUT2D eigenvalue weighted by atomic mass is 79.9. The van der Waals surface area contributed by atoms with Crippen molar-refractivity contribution in [3.05, 3.63) is 75.2 Å². The number of para-hydroxylation sites is 2. The number of hydrogen-bond acceptors (Lipinski definition) is 5. The van der Waals surface area contributed by atoms with Crippen LogP contribution >= 0.6 is 31.9 Å². The Bertz CT molecular complexity index is 1120. The Hall–Kier alpha value is -2.07. The first kappa shape index (κ1) is 24.2. The Morgan fingerprint density at radius 1 is 0.967 bits per heavy atom. The van der Waals surface area contributed by atoms with Crippen molar-refractivity contribution in [1.82, 2.24) is 0 Å². The van der Waals surface area contributed by atoms with Crippen LogP contribution in [0.15, 0.2) is 74.5 Å². The van der Waals surface area contributed by atoms with Gasteiger partial charge in [-0.2, -0.15) is 0 Å². The van der Waals surface area contributed by atoms with Crippen molar-refractivity contribution in [2.24, 2.45) is 5.14 Å². The Morgan fingerprint density at radius 2 is 1.57 bits per heavy atom. The van der Waals surface area contributed by atoms with E-state index in [1.165, 1.54) is 12.1 Å². The minimum Gasteiger partial charge on any atom is -0.508 e. The van der Waals surface area contributed by atoms with Crippen LogP contribution in [0, 0.1) is 0 Å². The highest BCUT2D eigenvalue weighted by molar-refractivity contribution is 9.11. The molecule has 0 radical (unpaired) electrons. The second-order valence-electron chi connectivity index (χ2n) is 6.61. The van der Waals surface area contributed by atoms with Crippen molar-refractivity contribution in [3.63, 3.8) is 0 Å². The summed E-state index contributed by atoms with van der Waals surface area (Å²) in [5.74, 6) is 1.97. The molecule has 0 saturated heterocycles. The molecule has 0 aromatic heterocycles. The van der Waals surface area contributed by atoms with Gasteiger partial charge in [-0.1, -0.05) is 32.0 Å². The van der Waals surface area contributed by atoms with Gasteiger partial charge in [0.15, 0.2) is 5.75 Å². The molecule has 3 aromatic carbocycles. The van der Waals surface area contributed by atoms with E-state index in [0.29, 0.717) is 11.5 Å². The first-order valence-electron chi connectivity index (χ1n) is 8.82. The highest BCUT2D eigenvalue weighted by Crippen LogP contribution is 2.38. The second-order valence-corrected chi connectivity index (χ2v) is 9.85. The van der Waals surface area contributed by atoms with E-state index in [1.54, 1.807) is 24.3 Å². The third kappa shape index (κ3) is 6.46. The minimum atomic E-state index is -3.66. The molecule has 9 heteroatoms. The summed E-state index contributed by atoms with van der Waals surface area (Å²) >= 11 is 6.92. The van der Waals surface area contributed by atoms with Gasteiger partial charge >= 0.3 is 0 Å². The molecular formula is C21H22Br2N2O4S. The number of hydrogen-bond donors (Lipinski definition) is 3. The van der Waals surface area contributed by atoms with Crippen molar-refractivity contribution < 1.29 is 18.3 Å². The molecule has 3 aromatic rings. The normalized spacial score (nSPS) is 11.0. The number of nitrogens with two attached hydrogens (primary N) is 2. The summed E-state index contributed by atoms with van der Waals surface area (Å²) in [5.41, 5.74) is 6.40. The molecule has 0 spiro atoms. The summed E-state index contributed by atoms with van der Waals surface area (Å²) in [5, 5.41) is 14.7. The zero-order valence-electron chi connectivity index (χ0n) is 16.3. The van der Waals surface area contributed by atoms with Gasteiger partial charge in [-0.05, 0) is 80.2 Å². The summed E-state index contributed by atoms with van der Waals surface area (Å²) in [6, 6.07) is 17.1.